The SMILES string of the molecule is COc1ccc(CN2CCCN(CC(=O)Nc3cc(OC)cc(OC)c3)S2(=O)=O)cc1. The van der Waals surface area contributed by atoms with Crippen LogP contribution in [-0.2, 0) is 21.5 Å². The summed E-state index contributed by atoms with van der Waals surface area (Å²) in [6.07, 6.45) is 0.635. The van der Waals surface area contributed by atoms with E-state index in [9.17, 15) is 13.2 Å². The van der Waals surface area contributed by atoms with Gasteiger partial charge < -0.3 is 19.5 Å². The van der Waals surface area contributed by atoms with Gasteiger partial charge in [-0.2, -0.15) is 17.0 Å². The summed E-state index contributed by atoms with van der Waals surface area (Å²) in [7, 11) is 0.836. The van der Waals surface area contributed by atoms with E-state index in [0.29, 0.717) is 35.9 Å². The van der Waals surface area contributed by atoms with Crippen molar-refractivity contribution in [2.24, 2.45) is 0 Å². The lowest BCUT2D eigenvalue weighted by molar-refractivity contribution is -0.116. The van der Waals surface area contributed by atoms with Crippen molar-refractivity contribution < 1.29 is 27.4 Å². The number of methoxy groups -OCH3 is 3. The van der Waals surface area contributed by atoms with Gasteiger partial charge in [0.05, 0.1) is 27.9 Å². The third kappa shape index (κ3) is 5.66. The summed E-state index contributed by atoms with van der Waals surface area (Å²) >= 11 is 0. The highest BCUT2D eigenvalue weighted by Gasteiger charge is 2.34. The molecule has 0 aromatic heterocycles. The quantitative estimate of drug-likeness (QED) is 0.663. The van der Waals surface area contributed by atoms with Gasteiger partial charge in [0, 0.05) is 43.5 Å². The van der Waals surface area contributed by atoms with Crippen LogP contribution in [0, 0.1) is 0 Å². The Balaban J connectivity index is 1.67. The number of hydrogen-bond acceptors (Lipinski definition) is 6. The summed E-state index contributed by atoms with van der Waals surface area (Å²) in [5.74, 6) is 1.31. The van der Waals surface area contributed by atoms with Gasteiger partial charge in [-0.05, 0) is 24.1 Å². The molecule has 31 heavy (non-hydrogen) atoms. The van der Waals surface area contributed by atoms with E-state index in [-0.39, 0.29) is 19.6 Å². The molecule has 10 heteroatoms. The monoisotopic (exact) mass is 449 g/mol. The van der Waals surface area contributed by atoms with Crippen molar-refractivity contribution >= 4 is 21.8 Å². The van der Waals surface area contributed by atoms with E-state index < -0.39 is 16.1 Å². The van der Waals surface area contributed by atoms with Crippen LogP contribution in [0.2, 0.25) is 0 Å². The van der Waals surface area contributed by atoms with Crippen LogP contribution in [-0.4, -0.2) is 63.9 Å². The third-order valence-electron chi connectivity index (χ3n) is 4.94. The zero-order valence-electron chi connectivity index (χ0n) is 17.8. The maximum atomic E-state index is 13.0. The predicted molar refractivity (Wildman–Crippen MR) is 117 cm³/mol. The molecule has 0 unspecified atom stereocenters. The van der Waals surface area contributed by atoms with Crippen LogP contribution in [0.25, 0.3) is 0 Å². The second kappa shape index (κ2) is 9.99. The molecule has 0 saturated carbocycles. The number of ether oxygens (including phenoxy) is 3. The van der Waals surface area contributed by atoms with Gasteiger partial charge in [0.2, 0.25) is 5.91 Å². The molecular formula is C21H27N3O6S. The third-order valence-corrected chi connectivity index (χ3v) is 6.87. The zero-order valence-corrected chi connectivity index (χ0v) is 18.6. The van der Waals surface area contributed by atoms with E-state index in [0.717, 1.165) is 5.56 Å². The van der Waals surface area contributed by atoms with Gasteiger partial charge in [-0.25, -0.2) is 0 Å². The van der Waals surface area contributed by atoms with Gasteiger partial charge in [-0.3, -0.25) is 4.79 Å². The summed E-state index contributed by atoms with van der Waals surface area (Å²) in [6, 6.07) is 12.2. The van der Waals surface area contributed by atoms with Crippen molar-refractivity contribution in [3.63, 3.8) is 0 Å². The lowest BCUT2D eigenvalue weighted by atomic mass is 10.2. The van der Waals surface area contributed by atoms with Gasteiger partial charge >= 0.3 is 0 Å². The number of carbonyl (C=O) groups excluding carboxylic acids is 1. The van der Waals surface area contributed by atoms with Crippen LogP contribution in [0.1, 0.15) is 12.0 Å². The lowest BCUT2D eigenvalue weighted by Crippen LogP contribution is -2.51. The van der Waals surface area contributed by atoms with Crippen molar-refractivity contribution in [1.82, 2.24) is 8.61 Å². The molecule has 1 aliphatic heterocycles. The fourth-order valence-corrected chi connectivity index (χ4v) is 4.95. The summed E-state index contributed by atoms with van der Waals surface area (Å²) in [6.45, 7) is 0.647. The van der Waals surface area contributed by atoms with Crippen LogP contribution in [0.5, 0.6) is 17.2 Å². The number of nitrogens with zero attached hydrogens (tertiary/aromatic N) is 2. The lowest BCUT2D eigenvalue weighted by Gasteiger charge is -2.34. The van der Waals surface area contributed by atoms with E-state index in [4.69, 9.17) is 14.2 Å². The smallest absolute Gasteiger partial charge is 0.282 e. The topological polar surface area (TPSA) is 97.4 Å². The van der Waals surface area contributed by atoms with Crippen molar-refractivity contribution in [2.75, 3.05) is 46.3 Å². The predicted octanol–water partition coefficient (Wildman–Crippen LogP) is 2.10. The second-order valence-corrected chi connectivity index (χ2v) is 8.95. The summed E-state index contributed by atoms with van der Waals surface area (Å²) in [4.78, 5) is 12.6. The average Bonchev–Trinajstić information content (AvgIpc) is 2.76. The minimum atomic E-state index is -3.77. The van der Waals surface area contributed by atoms with Crippen LogP contribution in [0.15, 0.2) is 42.5 Å². The second-order valence-electron chi connectivity index (χ2n) is 7.03. The first kappa shape index (κ1) is 22.9. The normalized spacial score (nSPS) is 16.5. The van der Waals surface area contributed by atoms with Crippen molar-refractivity contribution in [3.8, 4) is 17.2 Å². The van der Waals surface area contributed by atoms with Gasteiger partial charge in [0.25, 0.3) is 10.2 Å². The maximum Gasteiger partial charge on any atom is 0.282 e. The Bertz CT molecular complexity index is 988. The minimum Gasteiger partial charge on any atom is -0.497 e. The first-order chi connectivity index (χ1) is 14.8. The van der Waals surface area contributed by atoms with Crippen LogP contribution in [0.3, 0.4) is 0 Å². The number of benzene rings is 2. The molecule has 1 N–H and O–H groups in total. The number of anilines is 1. The molecule has 1 amide bonds. The van der Waals surface area contributed by atoms with Gasteiger partial charge in [-0.1, -0.05) is 12.1 Å². The molecule has 1 aliphatic rings. The largest absolute Gasteiger partial charge is 0.497 e. The summed E-state index contributed by atoms with van der Waals surface area (Å²) < 4.78 is 44.2. The minimum absolute atomic E-state index is 0.234. The molecule has 1 saturated heterocycles. The Morgan fingerprint density at radius 3 is 2.06 bits per heavy atom. The van der Waals surface area contributed by atoms with Crippen LogP contribution >= 0.6 is 0 Å². The molecule has 0 bridgehead atoms. The van der Waals surface area contributed by atoms with E-state index in [1.807, 2.05) is 12.1 Å². The highest BCUT2D eigenvalue weighted by Crippen LogP contribution is 2.26. The Labute approximate surface area is 182 Å². The average molecular weight is 450 g/mol. The molecule has 168 valence electrons. The molecule has 0 aliphatic carbocycles. The molecule has 0 atom stereocenters. The Morgan fingerprint density at radius 1 is 0.903 bits per heavy atom. The van der Waals surface area contributed by atoms with E-state index >= 15 is 0 Å². The summed E-state index contributed by atoms with van der Waals surface area (Å²) in [5.41, 5.74) is 1.31. The van der Waals surface area contributed by atoms with Crippen LogP contribution in [0.4, 0.5) is 5.69 Å². The molecule has 3 rings (SSSR count). The number of hydrogen-bond donors (Lipinski definition) is 1. The molecule has 0 spiro atoms. The number of carbonyl (C=O) groups is 1. The molecular weight excluding hydrogens is 422 g/mol. The molecule has 1 fully saturated rings. The van der Waals surface area contributed by atoms with E-state index in [1.165, 1.54) is 22.8 Å². The van der Waals surface area contributed by atoms with Gasteiger partial charge in [0.1, 0.15) is 17.2 Å². The molecule has 2 aromatic carbocycles. The van der Waals surface area contributed by atoms with Gasteiger partial charge in [0.15, 0.2) is 0 Å². The summed E-state index contributed by atoms with van der Waals surface area (Å²) in [5, 5.41) is 2.72. The molecule has 9 nitrogen and oxygen atoms in total. The highest BCUT2D eigenvalue weighted by atomic mass is 32.2. The Morgan fingerprint density at radius 2 is 1.48 bits per heavy atom. The standard InChI is InChI=1S/C21H27N3O6S/c1-28-18-7-5-16(6-8-18)14-23-9-4-10-24(31(23,26)27)15-21(25)22-17-11-19(29-2)13-20(12-17)30-3/h5-8,11-13H,4,9-10,14-15H2,1-3H3,(H,22,25). The van der Waals surface area contributed by atoms with E-state index in [2.05, 4.69) is 5.32 Å². The van der Waals surface area contributed by atoms with Crippen LogP contribution < -0.4 is 19.5 Å². The number of amides is 1. The fourth-order valence-electron chi connectivity index (χ4n) is 3.31. The first-order valence-corrected chi connectivity index (χ1v) is 11.2. The molecule has 1 heterocycles. The molecule has 2 aromatic rings. The highest BCUT2D eigenvalue weighted by molar-refractivity contribution is 7.86. The number of nitrogens with one attached hydrogen (secondary N) is 1. The maximum absolute atomic E-state index is 13.0. The Hall–Kier alpha value is -2.82. The van der Waals surface area contributed by atoms with Gasteiger partial charge in [-0.15, -0.1) is 0 Å². The Kier molecular flexibility index (Phi) is 7.37. The fraction of sp³-hybridized carbons (Fsp3) is 0.381. The first-order valence-electron chi connectivity index (χ1n) is 9.77. The van der Waals surface area contributed by atoms with Crippen molar-refractivity contribution in [3.05, 3.63) is 48.0 Å². The zero-order chi connectivity index (χ0) is 22.4. The molecule has 0 radical (unpaired) electrons. The van der Waals surface area contributed by atoms with Crippen molar-refractivity contribution in [1.29, 1.82) is 0 Å². The van der Waals surface area contributed by atoms with Crippen molar-refractivity contribution in [2.45, 2.75) is 13.0 Å². The van der Waals surface area contributed by atoms with E-state index in [1.54, 1.807) is 37.4 Å². The number of rotatable bonds is 8.